The molecule has 16 heteroatoms. The molecule has 0 aromatic carbocycles. The number of esters is 2. The lowest BCUT2D eigenvalue weighted by atomic mass is 10.1. The van der Waals surface area contributed by atoms with E-state index in [9.17, 15) is 39.0 Å². The maximum atomic E-state index is 11.8. The number of carbonyl (C=O) groups excluding carboxylic acids is 6. The number of hydrogen-bond donors (Lipinski definition) is 6. The molecule has 4 atom stereocenters. The zero-order valence-electron chi connectivity index (χ0n) is 27.5. The summed E-state index contributed by atoms with van der Waals surface area (Å²) in [5.74, 6) is -2.79. The molecule has 6 N–H and O–H groups in total. The third kappa shape index (κ3) is 21.1. The molecule has 0 saturated heterocycles. The molecule has 0 heterocycles. The van der Waals surface area contributed by atoms with Crippen molar-refractivity contribution in [2.24, 2.45) is 0 Å². The van der Waals surface area contributed by atoms with Crippen LogP contribution in [0.15, 0.2) is 0 Å². The number of aliphatic hydroxyl groups excluding tert-OH is 2. The van der Waals surface area contributed by atoms with Gasteiger partial charge in [0.2, 0.25) is 0 Å². The highest BCUT2D eigenvalue weighted by molar-refractivity contribution is 5.86. The normalized spacial score (nSPS) is 13.7. The molecule has 0 spiro atoms. The van der Waals surface area contributed by atoms with Gasteiger partial charge in [-0.25, -0.2) is 9.59 Å². The number of rotatable bonds is 14. The zero-order chi connectivity index (χ0) is 34.7. The molecule has 0 aromatic heterocycles. The number of amides is 4. The maximum absolute atomic E-state index is 11.8. The second-order valence-electron chi connectivity index (χ2n) is 11.6. The van der Waals surface area contributed by atoms with E-state index in [0.717, 1.165) is 0 Å². The van der Waals surface area contributed by atoms with E-state index in [-0.39, 0.29) is 13.1 Å². The minimum atomic E-state index is -1.49. The highest BCUT2D eigenvalue weighted by Crippen LogP contribution is 2.10. The first-order chi connectivity index (χ1) is 20.2. The number of methoxy groups -OCH3 is 2. The van der Waals surface area contributed by atoms with E-state index < -0.39 is 71.4 Å². The summed E-state index contributed by atoms with van der Waals surface area (Å²) in [6, 6.07) is -1.62. The standard InChI is InChI=1S/2C14H26N2O6/c2*1-6-7-9(16-13(20)22-14(2,3)4)11(18)12(19)15-8-10(17)21-5/h2*9,11,18H,6-8H2,1-5H3,(H,15,19)(H,16,20)/t9?,11-;/m1./s1. The lowest BCUT2D eigenvalue weighted by Gasteiger charge is -2.26. The van der Waals surface area contributed by atoms with Crippen molar-refractivity contribution >= 4 is 35.9 Å². The molecule has 0 radical (unpaired) electrons. The Kier molecular flexibility index (Phi) is 20.4. The van der Waals surface area contributed by atoms with Crippen LogP contribution >= 0.6 is 0 Å². The predicted molar refractivity (Wildman–Crippen MR) is 158 cm³/mol. The van der Waals surface area contributed by atoms with Crippen LogP contribution in [-0.2, 0) is 38.1 Å². The number of carbonyl (C=O) groups is 6. The average Bonchev–Trinajstić information content (AvgIpc) is 2.91. The predicted octanol–water partition coefficient (Wildman–Crippen LogP) is 0.660. The van der Waals surface area contributed by atoms with Gasteiger partial charge in [-0.3, -0.25) is 19.2 Å². The quantitative estimate of drug-likeness (QED) is 0.114. The summed E-state index contributed by atoms with van der Waals surface area (Å²) in [5.41, 5.74) is -1.36. The third-order valence-corrected chi connectivity index (χ3v) is 5.17. The van der Waals surface area contributed by atoms with E-state index in [0.29, 0.717) is 25.7 Å². The summed E-state index contributed by atoms with van der Waals surface area (Å²) in [6.45, 7) is 13.3. The highest BCUT2D eigenvalue weighted by atomic mass is 16.6. The van der Waals surface area contributed by atoms with E-state index >= 15 is 0 Å². The molecule has 0 aromatic rings. The van der Waals surface area contributed by atoms with Gasteiger partial charge in [0.25, 0.3) is 11.8 Å². The molecule has 0 rings (SSSR count). The van der Waals surface area contributed by atoms with Crippen LogP contribution in [0.1, 0.15) is 81.1 Å². The molecule has 16 nitrogen and oxygen atoms in total. The summed E-state index contributed by atoms with van der Waals surface area (Å²) < 4.78 is 19.0. The van der Waals surface area contributed by atoms with Crippen LogP contribution in [0.5, 0.6) is 0 Å². The van der Waals surface area contributed by atoms with Gasteiger partial charge in [0.15, 0.2) is 12.2 Å². The van der Waals surface area contributed by atoms with E-state index in [1.54, 1.807) is 41.5 Å². The molecule has 0 aliphatic carbocycles. The first kappa shape index (κ1) is 42.5. The number of aliphatic hydroxyl groups is 2. The first-order valence-electron chi connectivity index (χ1n) is 14.2. The second-order valence-corrected chi connectivity index (χ2v) is 11.6. The summed E-state index contributed by atoms with van der Waals surface area (Å²) in [4.78, 5) is 69.0. The fourth-order valence-electron chi connectivity index (χ4n) is 3.20. The van der Waals surface area contributed by atoms with Crippen molar-refractivity contribution in [3.63, 3.8) is 0 Å². The van der Waals surface area contributed by atoms with Crippen molar-refractivity contribution in [2.45, 2.75) is 117 Å². The fourth-order valence-corrected chi connectivity index (χ4v) is 3.20. The molecular weight excluding hydrogens is 584 g/mol. The fraction of sp³-hybridized carbons (Fsp3) is 0.786. The topological polar surface area (TPSA) is 228 Å². The van der Waals surface area contributed by atoms with Gasteiger partial charge >= 0.3 is 24.1 Å². The molecule has 0 bridgehead atoms. The minimum absolute atomic E-state index is 0.350. The Balaban J connectivity index is 0. The van der Waals surface area contributed by atoms with Gasteiger partial charge in [0, 0.05) is 0 Å². The molecule has 3 unspecified atom stereocenters. The van der Waals surface area contributed by atoms with Gasteiger partial charge < -0.3 is 50.4 Å². The van der Waals surface area contributed by atoms with Crippen molar-refractivity contribution in [3.8, 4) is 0 Å². The monoisotopic (exact) mass is 636 g/mol. The van der Waals surface area contributed by atoms with Crippen molar-refractivity contribution in [1.29, 1.82) is 0 Å². The Bertz CT molecular complexity index is 857. The molecule has 0 fully saturated rings. The highest BCUT2D eigenvalue weighted by Gasteiger charge is 2.30. The van der Waals surface area contributed by atoms with Crippen LogP contribution in [0.2, 0.25) is 0 Å². The SMILES string of the molecule is CCCC(NC(=O)OC(C)(C)C)C(O)C(=O)NCC(=O)OC.CCCC(NC(=O)OC(C)(C)C)[C@@H](O)C(=O)NCC(=O)OC. The van der Waals surface area contributed by atoms with Crippen molar-refractivity contribution < 1.29 is 57.9 Å². The van der Waals surface area contributed by atoms with Gasteiger partial charge in [-0.2, -0.15) is 0 Å². The number of ether oxygens (including phenoxy) is 4. The van der Waals surface area contributed by atoms with Crippen LogP contribution in [0.4, 0.5) is 9.59 Å². The zero-order valence-corrected chi connectivity index (χ0v) is 27.5. The largest absolute Gasteiger partial charge is 0.468 e. The van der Waals surface area contributed by atoms with E-state index in [1.807, 2.05) is 13.8 Å². The Morgan fingerprint density at radius 1 is 0.614 bits per heavy atom. The van der Waals surface area contributed by atoms with E-state index in [1.165, 1.54) is 14.2 Å². The molecule has 4 amide bonds. The van der Waals surface area contributed by atoms with Crippen LogP contribution < -0.4 is 21.3 Å². The van der Waals surface area contributed by atoms with Gasteiger partial charge in [0.1, 0.15) is 24.3 Å². The summed E-state index contributed by atoms with van der Waals surface area (Å²) in [5, 5.41) is 29.4. The van der Waals surface area contributed by atoms with Gasteiger partial charge in [-0.15, -0.1) is 0 Å². The Morgan fingerprint density at radius 2 is 0.909 bits per heavy atom. The molecule has 0 aliphatic rings. The molecule has 256 valence electrons. The lowest BCUT2D eigenvalue weighted by Crippen LogP contribution is -2.52. The lowest BCUT2D eigenvalue weighted by molar-refractivity contribution is -0.142. The van der Waals surface area contributed by atoms with Crippen molar-refractivity contribution in [3.05, 3.63) is 0 Å². The smallest absolute Gasteiger partial charge is 0.407 e. The second kappa shape index (κ2) is 21.1. The van der Waals surface area contributed by atoms with E-state index in [2.05, 4.69) is 30.7 Å². The van der Waals surface area contributed by atoms with Crippen LogP contribution in [0.3, 0.4) is 0 Å². The van der Waals surface area contributed by atoms with E-state index in [4.69, 9.17) is 9.47 Å². The third-order valence-electron chi connectivity index (χ3n) is 5.17. The van der Waals surface area contributed by atoms with Crippen LogP contribution in [-0.4, -0.2) is 109 Å². The van der Waals surface area contributed by atoms with Gasteiger partial charge in [-0.05, 0) is 54.4 Å². The molecule has 0 saturated carbocycles. The van der Waals surface area contributed by atoms with Crippen molar-refractivity contribution in [1.82, 2.24) is 21.3 Å². The summed E-state index contributed by atoms with van der Waals surface area (Å²) in [6.07, 6.45) is -2.37. The minimum Gasteiger partial charge on any atom is -0.468 e. The van der Waals surface area contributed by atoms with Gasteiger partial charge in [-0.1, -0.05) is 26.7 Å². The Labute approximate surface area is 259 Å². The molecule has 0 aliphatic heterocycles. The maximum Gasteiger partial charge on any atom is 0.407 e. The van der Waals surface area contributed by atoms with Crippen LogP contribution in [0, 0.1) is 0 Å². The molecule has 44 heavy (non-hydrogen) atoms. The average molecular weight is 637 g/mol. The Hall–Kier alpha value is -3.66. The molecular formula is C28H52N4O12. The summed E-state index contributed by atoms with van der Waals surface area (Å²) >= 11 is 0. The Morgan fingerprint density at radius 3 is 1.14 bits per heavy atom. The number of alkyl carbamates (subject to hydrolysis) is 2. The summed E-state index contributed by atoms with van der Waals surface area (Å²) in [7, 11) is 2.38. The van der Waals surface area contributed by atoms with Gasteiger partial charge in [0.05, 0.1) is 26.3 Å². The number of nitrogens with one attached hydrogen (secondary N) is 4. The number of hydrogen-bond acceptors (Lipinski definition) is 12. The first-order valence-corrected chi connectivity index (χ1v) is 14.2. The van der Waals surface area contributed by atoms with Crippen LogP contribution in [0.25, 0.3) is 0 Å². The van der Waals surface area contributed by atoms with Crippen molar-refractivity contribution in [2.75, 3.05) is 27.3 Å².